The summed E-state index contributed by atoms with van der Waals surface area (Å²) in [4.78, 5) is 0. The van der Waals surface area contributed by atoms with Gasteiger partial charge in [0.25, 0.3) is 0 Å². The third-order valence-corrected chi connectivity index (χ3v) is 21.0. The van der Waals surface area contributed by atoms with E-state index in [1.54, 1.807) is 0 Å². The van der Waals surface area contributed by atoms with Crippen LogP contribution >= 0.6 is 0 Å². The zero-order chi connectivity index (χ0) is 54.1. The zero-order valence-electron chi connectivity index (χ0n) is 50.4. The Kier molecular flexibility index (Phi) is 12.3. The van der Waals surface area contributed by atoms with Gasteiger partial charge >= 0.3 is 0 Å². The van der Waals surface area contributed by atoms with Gasteiger partial charge in [0.2, 0.25) is 0 Å². The molecule has 378 valence electrons. The highest BCUT2D eigenvalue weighted by Crippen LogP contribution is 2.57. The summed E-state index contributed by atoms with van der Waals surface area (Å²) in [5.41, 5.74) is 51.4. The van der Waals surface area contributed by atoms with Crippen molar-refractivity contribution in [3.63, 3.8) is 0 Å². The average Bonchev–Trinajstić information content (AvgIpc) is 3.78. The second-order valence-electron chi connectivity index (χ2n) is 23.5. The Morgan fingerprint density at radius 3 is 0.630 bits per heavy atom. The standard InChI is InChI=1S/C72H84O/c1-29-30(2)40(12)57(41(13)31(29)3)58-49(21)51(23)59(52(24)50(58)22)61-42(14)32(4)33(5)43(15)62(61)70-65-46(18)36(8)34(6)44(16)63(65)69(64-45(17)35(7)37(9)47(19)66(64)70)60-53(25)55(27)72-68(56(60)28)67-48(20)38(10)39(11)54(26)71(67)73-72/h1-28H3. The van der Waals surface area contributed by atoms with Crippen molar-refractivity contribution in [1.82, 2.24) is 0 Å². The van der Waals surface area contributed by atoms with Crippen LogP contribution in [0.15, 0.2) is 4.42 Å². The number of aryl methyl sites for hydroxylation is 8. The van der Waals surface area contributed by atoms with Crippen LogP contribution in [0.25, 0.3) is 88.0 Å². The van der Waals surface area contributed by atoms with Gasteiger partial charge in [-0.1, -0.05) is 0 Å². The second-order valence-corrected chi connectivity index (χ2v) is 23.5. The van der Waals surface area contributed by atoms with Gasteiger partial charge in [-0.25, -0.2) is 0 Å². The normalized spacial score (nSPS) is 12.1. The van der Waals surface area contributed by atoms with Crippen LogP contribution in [-0.4, -0.2) is 0 Å². The molecule has 0 aliphatic heterocycles. The van der Waals surface area contributed by atoms with Crippen LogP contribution in [0.2, 0.25) is 0 Å². The van der Waals surface area contributed by atoms with Crippen molar-refractivity contribution in [2.75, 3.05) is 0 Å². The van der Waals surface area contributed by atoms with E-state index in [1.165, 1.54) is 233 Å². The van der Waals surface area contributed by atoms with E-state index in [2.05, 4.69) is 194 Å². The Balaban J connectivity index is 1.59. The summed E-state index contributed by atoms with van der Waals surface area (Å²) in [5.74, 6) is 0. The molecule has 1 heterocycles. The van der Waals surface area contributed by atoms with Crippen LogP contribution in [0.1, 0.15) is 156 Å². The molecule has 0 spiro atoms. The lowest BCUT2D eigenvalue weighted by Gasteiger charge is -2.32. The van der Waals surface area contributed by atoms with E-state index >= 15 is 0 Å². The van der Waals surface area contributed by atoms with Crippen molar-refractivity contribution in [1.29, 1.82) is 0 Å². The summed E-state index contributed by atoms with van der Waals surface area (Å²) >= 11 is 0. The van der Waals surface area contributed by atoms with Gasteiger partial charge in [-0.15, -0.1) is 0 Å². The minimum Gasteiger partial charge on any atom is -0.455 e. The first-order valence-corrected chi connectivity index (χ1v) is 27.2. The molecule has 9 aromatic rings. The van der Waals surface area contributed by atoms with E-state index in [-0.39, 0.29) is 0 Å². The molecule has 1 nitrogen and oxygen atoms in total. The maximum absolute atomic E-state index is 7.09. The monoisotopic (exact) mass is 965 g/mol. The van der Waals surface area contributed by atoms with E-state index < -0.39 is 0 Å². The lowest BCUT2D eigenvalue weighted by molar-refractivity contribution is 0.661. The van der Waals surface area contributed by atoms with Crippen molar-refractivity contribution in [3.05, 3.63) is 156 Å². The Bertz CT molecular complexity index is 3910. The maximum Gasteiger partial charge on any atom is 0.138 e. The Labute approximate surface area is 439 Å². The van der Waals surface area contributed by atoms with Crippen LogP contribution in [0.4, 0.5) is 0 Å². The van der Waals surface area contributed by atoms with Crippen molar-refractivity contribution in [2.45, 2.75) is 194 Å². The Hall–Kier alpha value is -5.92. The number of rotatable bonds is 4. The first-order chi connectivity index (χ1) is 34.0. The predicted molar refractivity (Wildman–Crippen MR) is 323 cm³/mol. The summed E-state index contributed by atoms with van der Waals surface area (Å²) in [6, 6.07) is 0. The smallest absolute Gasteiger partial charge is 0.138 e. The molecule has 0 radical (unpaired) electrons. The fourth-order valence-electron chi connectivity index (χ4n) is 14.2. The Morgan fingerprint density at radius 2 is 0.288 bits per heavy atom. The highest BCUT2D eigenvalue weighted by atomic mass is 16.3. The fourth-order valence-corrected chi connectivity index (χ4v) is 14.2. The van der Waals surface area contributed by atoms with Crippen LogP contribution < -0.4 is 0 Å². The molecule has 0 fully saturated rings. The molecule has 0 atom stereocenters. The molecule has 0 amide bonds. The lowest BCUT2D eigenvalue weighted by Crippen LogP contribution is -2.09. The zero-order valence-corrected chi connectivity index (χ0v) is 50.4. The molecule has 1 aromatic heterocycles. The molecule has 0 unspecified atom stereocenters. The van der Waals surface area contributed by atoms with E-state index in [0.29, 0.717) is 0 Å². The highest BCUT2D eigenvalue weighted by molar-refractivity contribution is 6.28. The predicted octanol–water partition coefficient (Wildman–Crippen LogP) is 21.2. The number of fused-ring (bicyclic) bond motifs is 5. The fraction of sp³-hybridized carbons (Fsp3) is 0.389. The Morgan fingerprint density at radius 1 is 0.123 bits per heavy atom. The van der Waals surface area contributed by atoms with Crippen molar-refractivity contribution < 1.29 is 4.42 Å². The van der Waals surface area contributed by atoms with Gasteiger partial charge in [-0.2, -0.15) is 0 Å². The van der Waals surface area contributed by atoms with Gasteiger partial charge in [0.15, 0.2) is 0 Å². The molecule has 0 aliphatic carbocycles. The van der Waals surface area contributed by atoms with E-state index in [0.717, 1.165) is 11.2 Å². The molecule has 0 bridgehead atoms. The summed E-state index contributed by atoms with van der Waals surface area (Å²) < 4.78 is 7.09. The topological polar surface area (TPSA) is 13.1 Å². The molecule has 0 saturated heterocycles. The maximum atomic E-state index is 7.09. The molecule has 8 aromatic carbocycles. The van der Waals surface area contributed by atoms with Crippen LogP contribution in [0.3, 0.4) is 0 Å². The number of hydrogen-bond acceptors (Lipinski definition) is 1. The highest BCUT2D eigenvalue weighted by Gasteiger charge is 2.33. The number of furan rings is 1. The molecular weight excluding hydrogens is 881 g/mol. The van der Waals surface area contributed by atoms with Gasteiger partial charge in [0.1, 0.15) is 11.2 Å². The van der Waals surface area contributed by atoms with Gasteiger partial charge < -0.3 is 4.42 Å². The van der Waals surface area contributed by atoms with Gasteiger partial charge in [-0.3, -0.25) is 0 Å². The minimum atomic E-state index is 1.03. The van der Waals surface area contributed by atoms with E-state index in [4.69, 9.17) is 4.42 Å². The minimum absolute atomic E-state index is 1.03. The second kappa shape index (κ2) is 17.3. The molecule has 0 N–H and O–H groups in total. The van der Waals surface area contributed by atoms with Crippen molar-refractivity contribution >= 4 is 43.5 Å². The van der Waals surface area contributed by atoms with Crippen LogP contribution in [0, 0.1) is 194 Å². The summed E-state index contributed by atoms with van der Waals surface area (Å²) in [6.45, 7) is 66.3. The lowest BCUT2D eigenvalue weighted by atomic mass is 9.71. The van der Waals surface area contributed by atoms with Crippen LogP contribution in [0.5, 0.6) is 0 Å². The first-order valence-electron chi connectivity index (χ1n) is 27.2. The summed E-state index contributed by atoms with van der Waals surface area (Å²) in [6.07, 6.45) is 0. The number of hydrogen-bond donors (Lipinski definition) is 0. The molecule has 0 saturated carbocycles. The van der Waals surface area contributed by atoms with Crippen LogP contribution in [-0.2, 0) is 0 Å². The number of benzene rings is 8. The van der Waals surface area contributed by atoms with E-state index in [1.807, 2.05) is 0 Å². The van der Waals surface area contributed by atoms with Gasteiger partial charge in [-0.05, 0) is 416 Å². The van der Waals surface area contributed by atoms with Gasteiger partial charge in [0, 0.05) is 10.8 Å². The van der Waals surface area contributed by atoms with Gasteiger partial charge in [0.05, 0.1) is 0 Å². The third kappa shape index (κ3) is 6.64. The van der Waals surface area contributed by atoms with E-state index in [9.17, 15) is 0 Å². The van der Waals surface area contributed by atoms with Crippen molar-refractivity contribution in [3.8, 4) is 44.5 Å². The largest absolute Gasteiger partial charge is 0.455 e. The molecule has 9 rings (SSSR count). The SMILES string of the molecule is Cc1c(C)c(C)c(-c2c(C)c(C)c(-c3c(C)c(C)c(C)c(C)c3-c3c4c(C)c(C)c(C)c(C)c4c(-c4c(C)c(C)c5oc6c(C)c(C)c(C)c(C)c6c5c4C)c4c(C)c(C)c(C)c(C)c34)c(C)c2C)c(C)c1C. The van der Waals surface area contributed by atoms with Crippen molar-refractivity contribution in [2.24, 2.45) is 0 Å². The summed E-state index contributed by atoms with van der Waals surface area (Å²) in [7, 11) is 0. The molecule has 1 heteroatoms. The molecule has 0 aliphatic rings. The average molecular weight is 965 g/mol. The summed E-state index contributed by atoms with van der Waals surface area (Å²) in [5, 5.41) is 8.10. The first kappa shape index (κ1) is 52.0. The molecule has 73 heavy (non-hydrogen) atoms. The molecular formula is C72H84O. The quantitative estimate of drug-likeness (QED) is 0.160. The third-order valence-electron chi connectivity index (χ3n) is 21.0.